The second-order valence-corrected chi connectivity index (χ2v) is 7.45. The lowest BCUT2D eigenvalue weighted by Gasteiger charge is -2.38. The molecule has 1 aromatic heterocycles. The van der Waals surface area contributed by atoms with Gasteiger partial charge in [0.2, 0.25) is 11.8 Å². The topological polar surface area (TPSA) is 85.8 Å². The molecule has 8 nitrogen and oxygen atoms in total. The molecule has 0 unspecified atom stereocenters. The normalized spacial score (nSPS) is 19.4. The van der Waals surface area contributed by atoms with Crippen LogP contribution in [-0.2, 0) is 9.59 Å². The first kappa shape index (κ1) is 19.9. The Bertz CT molecular complexity index is 898. The molecule has 0 saturated carbocycles. The van der Waals surface area contributed by atoms with Crippen molar-refractivity contribution in [2.45, 2.75) is 12.5 Å². The largest absolute Gasteiger partial charge is 0.368 e. The summed E-state index contributed by atoms with van der Waals surface area (Å²) in [6.45, 7) is 3.43. The van der Waals surface area contributed by atoms with E-state index in [1.165, 1.54) is 11.1 Å². The van der Waals surface area contributed by atoms with Crippen molar-refractivity contribution < 1.29 is 14.4 Å². The number of amides is 3. The Morgan fingerprint density at radius 2 is 1.77 bits per heavy atom. The van der Waals surface area contributed by atoms with Gasteiger partial charge in [-0.25, -0.2) is 0 Å². The number of hydrogen-bond donors (Lipinski definition) is 1. The quantitative estimate of drug-likeness (QED) is 0.809. The lowest BCUT2D eigenvalue weighted by molar-refractivity contribution is -0.138. The Morgan fingerprint density at radius 1 is 1.00 bits per heavy atom. The average Bonchev–Trinajstić information content (AvgIpc) is 2.81. The maximum atomic E-state index is 12.9. The van der Waals surface area contributed by atoms with Gasteiger partial charge in [-0.2, -0.15) is 0 Å². The molecule has 3 amide bonds. The van der Waals surface area contributed by atoms with Crippen LogP contribution in [0.2, 0.25) is 0 Å². The number of pyridine rings is 1. The number of carbonyl (C=O) groups excluding carboxylic acids is 3. The van der Waals surface area contributed by atoms with Crippen LogP contribution >= 0.6 is 0 Å². The highest BCUT2D eigenvalue weighted by Gasteiger charge is 2.36. The Hall–Kier alpha value is -3.42. The van der Waals surface area contributed by atoms with Crippen LogP contribution in [0.4, 0.5) is 5.69 Å². The molecule has 8 heteroatoms. The Labute approximate surface area is 175 Å². The van der Waals surface area contributed by atoms with Crippen LogP contribution in [0.5, 0.6) is 0 Å². The van der Waals surface area contributed by atoms with Gasteiger partial charge in [0.05, 0.1) is 12.0 Å². The van der Waals surface area contributed by atoms with E-state index in [1.54, 1.807) is 23.2 Å². The van der Waals surface area contributed by atoms with Gasteiger partial charge >= 0.3 is 0 Å². The van der Waals surface area contributed by atoms with Crippen molar-refractivity contribution in [2.24, 2.45) is 0 Å². The summed E-state index contributed by atoms with van der Waals surface area (Å²) in [5.74, 6) is -0.659. The molecule has 4 rings (SSSR count). The maximum absolute atomic E-state index is 12.9. The molecule has 2 aliphatic rings. The number of piperazine rings is 2. The monoisotopic (exact) mass is 407 g/mol. The Morgan fingerprint density at radius 3 is 2.47 bits per heavy atom. The molecule has 1 N–H and O–H groups in total. The van der Waals surface area contributed by atoms with Crippen LogP contribution in [-0.4, -0.2) is 77.8 Å². The fourth-order valence-corrected chi connectivity index (χ4v) is 3.96. The smallest absolute Gasteiger partial charge is 0.256 e. The van der Waals surface area contributed by atoms with Crippen molar-refractivity contribution in [1.82, 2.24) is 20.1 Å². The molecule has 1 atom stereocenters. The van der Waals surface area contributed by atoms with Crippen LogP contribution in [0.3, 0.4) is 0 Å². The first-order chi connectivity index (χ1) is 14.6. The molecule has 0 spiro atoms. The van der Waals surface area contributed by atoms with Crippen molar-refractivity contribution in [2.75, 3.05) is 44.2 Å². The predicted octanol–water partition coefficient (Wildman–Crippen LogP) is 0.761. The van der Waals surface area contributed by atoms with E-state index in [0.717, 1.165) is 18.8 Å². The molecule has 3 heterocycles. The van der Waals surface area contributed by atoms with Crippen LogP contribution in [0.15, 0.2) is 54.9 Å². The number of rotatable bonds is 4. The zero-order valence-corrected chi connectivity index (χ0v) is 16.7. The molecule has 2 fully saturated rings. The zero-order chi connectivity index (χ0) is 20.9. The van der Waals surface area contributed by atoms with Crippen molar-refractivity contribution >= 4 is 23.4 Å². The highest BCUT2D eigenvalue weighted by molar-refractivity contribution is 5.99. The number of nitrogens with zero attached hydrogens (tertiary/aromatic N) is 4. The molecular weight excluding hydrogens is 382 g/mol. The van der Waals surface area contributed by atoms with Gasteiger partial charge in [0.25, 0.3) is 5.91 Å². The summed E-state index contributed by atoms with van der Waals surface area (Å²) in [5.41, 5.74) is 1.56. The summed E-state index contributed by atoms with van der Waals surface area (Å²) in [5, 5.41) is 2.78. The fraction of sp³-hybridized carbons (Fsp3) is 0.364. The number of anilines is 1. The Balaban J connectivity index is 1.39. The second-order valence-electron chi connectivity index (χ2n) is 7.45. The van der Waals surface area contributed by atoms with Crippen molar-refractivity contribution in [3.8, 4) is 0 Å². The van der Waals surface area contributed by atoms with E-state index in [1.807, 2.05) is 18.2 Å². The lowest BCUT2D eigenvalue weighted by atomic mass is 10.1. The van der Waals surface area contributed by atoms with E-state index in [9.17, 15) is 14.4 Å². The van der Waals surface area contributed by atoms with Gasteiger partial charge < -0.3 is 20.0 Å². The molecule has 0 aliphatic carbocycles. The molecule has 2 aliphatic heterocycles. The van der Waals surface area contributed by atoms with E-state index in [4.69, 9.17) is 0 Å². The van der Waals surface area contributed by atoms with Crippen LogP contribution < -0.4 is 10.2 Å². The van der Waals surface area contributed by atoms with E-state index < -0.39 is 6.04 Å². The van der Waals surface area contributed by atoms with Gasteiger partial charge in [-0.3, -0.25) is 19.4 Å². The number of hydrogen-bond acceptors (Lipinski definition) is 5. The molecule has 0 radical (unpaired) electrons. The summed E-state index contributed by atoms with van der Waals surface area (Å²) in [7, 11) is 0. The van der Waals surface area contributed by atoms with Gasteiger partial charge in [0, 0.05) is 57.3 Å². The van der Waals surface area contributed by atoms with E-state index in [-0.39, 0.29) is 24.1 Å². The third-order valence-electron chi connectivity index (χ3n) is 5.62. The minimum absolute atomic E-state index is 0.0107. The summed E-state index contributed by atoms with van der Waals surface area (Å²) in [6, 6.07) is 12.7. The Kier molecular flexibility index (Phi) is 5.92. The summed E-state index contributed by atoms with van der Waals surface area (Å²) in [6.07, 6.45) is 3.06. The third-order valence-corrected chi connectivity index (χ3v) is 5.62. The predicted molar refractivity (Wildman–Crippen MR) is 112 cm³/mol. The molecule has 2 saturated heterocycles. The van der Waals surface area contributed by atoms with Crippen LogP contribution in [0, 0.1) is 0 Å². The highest BCUT2D eigenvalue weighted by Crippen LogP contribution is 2.18. The molecule has 2 aromatic rings. The van der Waals surface area contributed by atoms with Gasteiger partial charge in [-0.05, 0) is 24.3 Å². The minimum Gasteiger partial charge on any atom is -0.368 e. The molecule has 156 valence electrons. The van der Waals surface area contributed by atoms with Crippen LogP contribution in [0.1, 0.15) is 16.8 Å². The first-order valence-electron chi connectivity index (χ1n) is 10.2. The van der Waals surface area contributed by atoms with Crippen molar-refractivity contribution in [3.63, 3.8) is 0 Å². The molecule has 1 aromatic carbocycles. The number of nitrogens with one attached hydrogen (secondary N) is 1. The average molecular weight is 407 g/mol. The minimum atomic E-state index is -0.800. The SMILES string of the molecule is O=C1NCCN(C(=O)c2cccnc2)[C@H]1CC(=O)N1CCN(c2ccccc2)CC1. The standard InChI is InChI=1S/C22H25N5O3/c28-20(26-13-11-25(12-14-26)18-6-2-1-3-7-18)15-19-21(29)24-9-10-27(19)22(30)17-5-4-8-23-16-17/h1-8,16,19H,9-15H2,(H,24,29)/t19-/m0/s1. The van der Waals surface area contributed by atoms with Gasteiger partial charge in [0.1, 0.15) is 6.04 Å². The van der Waals surface area contributed by atoms with E-state index in [2.05, 4.69) is 27.3 Å². The third kappa shape index (κ3) is 4.27. The summed E-state index contributed by atoms with van der Waals surface area (Å²) >= 11 is 0. The summed E-state index contributed by atoms with van der Waals surface area (Å²) < 4.78 is 0. The zero-order valence-electron chi connectivity index (χ0n) is 16.7. The van der Waals surface area contributed by atoms with Gasteiger partial charge in [0.15, 0.2) is 0 Å². The molecule has 0 bridgehead atoms. The van der Waals surface area contributed by atoms with Crippen molar-refractivity contribution in [1.29, 1.82) is 0 Å². The van der Waals surface area contributed by atoms with Crippen molar-refractivity contribution in [3.05, 3.63) is 60.4 Å². The van der Waals surface area contributed by atoms with E-state index in [0.29, 0.717) is 31.7 Å². The van der Waals surface area contributed by atoms with Crippen LogP contribution in [0.25, 0.3) is 0 Å². The fourth-order valence-electron chi connectivity index (χ4n) is 3.96. The second kappa shape index (κ2) is 8.94. The van der Waals surface area contributed by atoms with Gasteiger partial charge in [-0.15, -0.1) is 0 Å². The highest BCUT2D eigenvalue weighted by atomic mass is 16.2. The van der Waals surface area contributed by atoms with E-state index >= 15 is 0 Å². The number of benzene rings is 1. The molecule has 30 heavy (non-hydrogen) atoms. The number of aromatic nitrogens is 1. The first-order valence-corrected chi connectivity index (χ1v) is 10.2. The van der Waals surface area contributed by atoms with Gasteiger partial charge in [-0.1, -0.05) is 18.2 Å². The lowest BCUT2D eigenvalue weighted by Crippen LogP contribution is -2.59. The number of carbonyl (C=O) groups is 3. The maximum Gasteiger partial charge on any atom is 0.256 e. The summed E-state index contributed by atoms with van der Waals surface area (Å²) in [4.78, 5) is 47.8. The molecular formula is C22H25N5O3. The number of para-hydroxylation sites is 1.